The molecule has 1 aromatic carbocycles. The van der Waals surface area contributed by atoms with Gasteiger partial charge in [0, 0.05) is 6.54 Å². The van der Waals surface area contributed by atoms with Gasteiger partial charge in [0.25, 0.3) is 0 Å². The van der Waals surface area contributed by atoms with Gasteiger partial charge in [-0.1, -0.05) is 0 Å². The fraction of sp³-hybridized carbons (Fsp3) is 0.667. The third-order valence-electron chi connectivity index (χ3n) is 3.94. The first-order valence-corrected chi connectivity index (χ1v) is 9.42. The Bertz CT molecular complexity index is 488. The zero-order chi connectivity index (χ0) is 16.7. The van der Waals surface area contributed by atoms with Gasteiger partial charge in [-0.05, 0) is 92.8 Å². The minimum atomic E-state index is 0.120. The highest BCUT2D eigenvalue weighted by Gasteiger charge is 2.15. The first-order valence-electron chi connectivity index (χ1n) is 8.63. The largest absolute Gasteiger partial charge is 0.490 e. The van der Waals surface area contributed by atoms with Gasteiger partial charge in [-0.2, -0.15) is 0 Å². The van der Waals surface area contributed by atoms with Gasteiger partial charge in [-0.3, -0.25) is 0 Å². The molecule has 0 radical (unpaired) electrons. The second-order valence-electron chi connectivity index (χ2n) is 6.33. The van der Waals surface area contributed by atoms with Crippen LogP contribution in [0.5, 0.6) is 11.5 Å². The van der Waals surface area contributed by atoms with Gasteiger partial charge in [-0.15, -0.1) is 0 Å². The lowest BCUT2D eigenvalue weighted by atomic mass is 9.98. The molecule has 2 N–H and O–H groups in total. The average molecular weight is 385 g/mol. The van der Waals surface area contributed by atoms with Crippen molar-refractivity contribution in [3.8, 4) is 11.5 Å². The molecule has 0 unspecified atom stereocenters. The van der Waals surface area contributed by atoms with E-state index in [0.29, 0.717) is 6.61 Å². The van der Waals surface area contributed by atoms with E-state index in [-0.39, 0.29) is 6.10 Å². The lowest BCUT2D eigenvalue weighted by molar-refractivity contribution is 0.222. The number of rotatable bonds is 8. The van der Waals surface area contributed by atoms with E-state index in [1.807, 2.05) is 20.8 Å². The highest BCUT2D eigenvalue weighted by Crippen LogP contribution is 2.37. The molecule has 2 rings (SSSR count). The monoisotopic (exact) mass is 384 g/mol. The maximum Gasteiger partial charge on any atom is 0.175 e. The van der Waals surface area contributed by atoms with Gasteiger partial charge in [0.1, 0.15) is 0 Å². The van der Waals surface area contributed by atoms with Crippen molar-refractivity contribution < 1.29 is 9.47 Å². The summed E-state index contributed by atoms with van der Waals surface area (Å²) in [4.78, 5) is 0. The van der Waals surface area contributed by atoms with Crippen LogP contribution in [0.1, 0.15) is 39.2 Å². The van der Waals surface area contributed by atoms with Crippen LogP contribution < -0.4 is 20.1 Å². The van der Waals surface area contributed by atoms with Crippen molar-refractivity contribution in [1.82, 2.24) is 10.6 Å². The summed E-state index contributed by atoms with van der Waals surface area (Å²) in [5, 5.41) is 6.99. The fourth-order valence-corrected chi connectivity index (χ4v) is 3.43. The van der Waals surface area contributed by atoms with Gasteiger partial charge < -0.3 is 20.1 Å². The molecular weight excluding hydrogens is 356 g/mol. The topological polar surface area (TPSA) is 42.5 Å². The van der Waals surface area contributed by atoms with Crippen molar-refractivity contribution in [2.24, 2.45) is 5.92 Å². The van der Waals surface area contributed by atoms with Crippen LogP contribution in [0.4, 0.5) is 0 Å². The summed E-state index contributed by atoms with van der Waals surface area (Å²) in [6.07, 6.45) is 2.65. The minimum absolute atomic E-state index is 0.120. The molecule has 1 fully saturated rings. The normalized spacial score (nSPS) is 15.9. The van der Waals surface area contributed by atoms with Crippen molar-refractivity contribution >= 4 is 15.9 Å². The maximum absolute atomic E-state index is 5.88. The van der Waals surface area contributed by atoms with E-state index in [4.69, 9.17) is 9.47 Å². The molecule has 1 aliphatic rings. The number of benzene rings is 1. The number of nitrogens with one attached hydrogen (secondary N) is 2. The van der Waals surface area contributed by atoms with Gasteiger partial charge in [0.15, 0.2) is 11.5 Å². The summed E-state index contributed by atoms with van der Waals surface area (Å²) >= 11 is 3.62. The zero-order valence-corrected chi connectivity index (χ0v) is 16.0. The quantitative estimate of drug-likeness (QED) is 0.716. The molecule has 0 amide bonds. The number of ether oxygens (including phenoxy) is 2. The molecule has 4 nitrogen and oxygen atoms in total. The van der Waals surface area contributed by atoms with E-state index in [2.05, 4.69) is 38.7 Å². The molecule has 0 aromatic heterocycles. The van der Waals surface area contributed by atoms with E-state index in [0.717, 1.165) is 48.1 Å². The molecule has 130 valence electrons. The molecule has 0 atom stereocenters. The Hall–Kier alpha value is -0.780. The molecule has 5 heteroatoms. The smallest absolute Gasteiger partial charge is 0.175 e. The molecule has 1 saturated heterocycles. The van der Waals surface area contributed by atoms with Crippen molar-refractivity contribution in [2.45, 2.75) is 46.3 Å². The lowest BCUT2D eigenvalue weighted by Gasteiger charge is -2.23. The molecule has 0 spiro atoms. The maximum atomic E-state index is 5.88. The SMILES string of the molecule is CCOc1cc(CNCC2CCNCC2)cc(Br)c1OC(C)C. The number of hydrogen-bond acceptors (Lipinski definition) is 4. The van der Waals surface area contributed by atoms with E-state index >= 15 is 0 Å². The van der Waals surface area contributed by atoms with E-state index < -0.39 is 0 Å². The van der Waals surface area contributed by atoms with Crippen LogP contribution in [0.15, 0.2) is 16.6 Å². The first-order chi connectivity index (χ1) is 11.1. The summed E-state index contributed by atoms with van der Waals surface area (Å²) < 4.78 is 12.6. The molecule has 0 saturated carbocycles. The van der Waals surface area contributed by atoms with E-state index in [1.165, 1.54) is 18.4 Å². The average Bonchev–Trinajstić information content (AvgIpc) is 2.52. The third kappa shape index (κ3) is 5.98. The third-order valence-corrected chi connectivity index (χ3v) is 4.53. The second kappa shape index (κ2) is 9.50. The Morgan fingerprint density at radius 1 is 1.30 bits per heavy atom. The van der Waals surface area contributed by atoms with E-state index in [1.54, 1.807) is 0 Å². The second-order valence-corrected chi connectivity index (χ2v) is 7.18. The Morgan fingerprint density at radius 3 is 2.70 bits per heavy atom. The van der Waals surface area contributed by atoms with Crippen LogP contribution in [-0.4, -0.2) is 32.3 Å². The van der Waals surface area contributed by atoms with Crippen molar-refractivity contribution in [2.75, 3.05) is 26.2 Å². The van der Waals surface area contributed by atoms with Crippen LogP contribution in [-0.2, 0) is 6.54 Å². The number of hydrogen-bond donors (Lipinski definition) is 2. The van der Waals surface area contributed by atoms with Gasteiger partial charge in [0.2, 0.25) is 0 Å². The van der Waals surface area contributed by atoms with Crippen LogP contribution in [0.25, 0.3) is 0 Å². The predicted octanol–water partition coefficient (Wildman–Crippen LogP) is 3.72. The first kappa shape index (κ1) is 18.6. The number of piperidine rings is 1. The molecule has 1 aliphatic heterocycles. The fourth-order valence-electron chi connectivity index (χ4n) is 2.84. The highest BCUT2D eigenvalue weighted by molar-refractivity contribution is 9.10. The molecule has 1 aromatic rings. The Morgan fingerprint density at radius 2 is 2.04 bits per heavy atom. The molecule has 23 heavy (non-hydrogen) atoms. The lowest BCUT2D eigenvalue weighted by Crippen LogP contribution is -2.33. The molecular formula is C18H29BrN2O2. The van der Waals surface area contributed by atoms with Crippen molar-refractivity contribution in [3.05, 3.63) is 22.2 Å². The van der Waals surface area contributed by atoms with Crippen LogP contribution in [0.2, 0.25) is 0 Å². The summed E-state index contributed by atoms with van der Waals surface area (Å²) in [5.74, 6) is 2.40. The predicted molar refractivity (Wildman–Crippen MR) is 98.4 cm³/mol. The molecule has 0 aliphatic carbocycles. The molecule has 0 bridgehead atoms. The summed E-state index contributed by atoms with van der Waals surface area (Å²) in [5.41, 5.74) is 1.21. The van der Waals surface area contributed by atoms with Crippen LogP contribution in [0, 0.1) is 5.92 Å². The van der Waals surface area contributed by atoms with Crippen molar-refractivity contribution in [3.63, 3.8) is 0 Å². The summed E-state index contributed by atoms with van der Waals surface area (Å²) in [6.45, 7) is 10.9. The summed E-state index contributed by atoms with van der Waals surface area (Å²) in [6, 6.07) is 4.21. The van der Waals surface area contributed by atoms with Gasteiger partial charge >= 0.3 is 0 Å². The Balaban J connectivity index is 1.98. The highest BCUT2D eigenvalue weighted by atomic mass is 79.9. The molecule has 1 heterocycles. The van der Waals surface area contributed by atoms with Crippen molar-refractivity contribution in [1.29, 1.82) is 0 Å². The minimum Gasteiger partial charge on any atom is -0.490 e. The van der Waals surface area contributed by atoms with Crippen LogP contribution >= 0.6 is 15.9 Å². The zero-order valence-electron chi connectivity index (χ0n) is 14.5. The number of halogens is 1. The van der Waals surface area contributed by atoms with Crippen LogP contribution in [0.3, 0.4) is 0 Å². The Kier molecular flexibility index (Phi) is 7.66. The Labute approximate surface area is 148 Å². The van der Waals surface area contributed by atoms with E-state index in [9.17, 15) is 0 Å². The standard InChI is InChI=1S/C18H29BrN2O2/c1-4-22-17-10-15(9-16(19)18(17)23-13(2)3)12-21-11-14-5-7-20-8-6-14/h9-10,13-14,20-21H,4-8,11-12H2,1-3H3. The van der Waals surface area contributed by atoms with Gasteiger partial charge in [-0.25, -0.2) is 0 Å². The summed E-state index contributed by atoms with van der Waals surface area (Å²) in [7, 11) is 0. The van der Waals surface area contributed by atoms with Gasteiger partial charge in [0.05, 0.1) is 17.2 Å².